The Labute approximate surface area is 97.8 Å². The molecular formula is C12H14BrFO. The molecule has 82 valence electrons. The van der Waals surface area contributed by atoms with Crippen molar-refractivity contribution in [1.82, 2.24) is 0 Å². The van der Waals surface area contributed by atoms with Crippen molar-refractivity contribution in [1.29, 1.82) is 0 Å². The first-order chi connectivity index (χ1) is 7.15. The van der Waals surface area contributed by atoms with Crippen molar-refractivity contribution in [3.8, 4) is 0 Å². The average Bonchev–Trinajstić information content (AvgIpc) is 2.22. The van der Waals surface area contributed by atoms with Crippen molar-refractivity contribution < 1.29 is 9.18 Å². The summed E-state index contributed by atoms with van der Waals surface area (Å²) < 4.78 is 13.3. The van der Waals surface area contributed by atoms with Crippen molar-refractivity contribution in [2.75, 3.05) is 0 Å². The Morgan fingerprint density at radius 2 is 2.13 bits per heavy atom. The number of unbranched alkanes of at least 4 members (excludes halogenated alkanes) is 2. The van der Waals surface area contributed by atoms with E-state index in [0.29, 0.717) is 16.5 Å². The topological polar surface area (TPSA) is 17.1 Å². The molecule has 0 saturated heterocycles. The Hall–Kier alpha value is -0.700. The summed E-state index contributed by atoms with van der Waals surface area (Å²) in [5.41, 5.74) is 0.583. The second-order valence-corrected chi connectivity index (χ2v) is 4.36. The molecule has 0 aliphatic rings. The number of carbonyl (C=O) groups is 1. The lowest BCUT2D eigenvalue weighted by atomic mass is 10.1. The Morgan fingerprint density at radius 1 is 1.40 bits per heavy atom. The van der Waals surface area contributed by atoms with Gasteiger partial charge in [-0.1, -0.05) is 19.8 Å². The van der Waals surface area contributed by atoms with E-state index < -0.39 is 0 Å². The molecule has 3 heteroatoms. The maximum absolute atomic E-state index is 12.9. The highest BCUT2D eigenvalue weighted by Crippen LogP contribution is 2.18. The Kier molecular flexibility index (Phi) is 4.95. The van der Waals surface area contributed by atoms with Crippen LogP contribution in [0.15, 0.2) is 22.7 Å². The zero-order valence-electron chi connectivity index (χ0n) is 8.72. The van der Waals surface area contributed by atoms with E-state index in [1.165, 1.54) is 12.1 Å². The van der Waals surface area contributed by atoms with Gasteiger partial charge in [-0.25, -0.2) is 4.39 Å². The lowest BCUT2D eigenvalue weighted by Crippen LogP contribution is -1.99. The summed E-state index contributed by atoms with van der Waals surface area (Å²) in [7, 11) is 0. The predicted molar refractivity (Wildman–Crippen MR) is 62.6 cm³/mol. The molecule has 1 nitrogen and oxygen atoms in total. The average molecular weight is 273 g/mol. The largest absolute Gasteiger partial charge is 0.294 e. The molecule has 0 fully saturated rings. The number of halogens is 2. The molecule has 1 aromatic rings. The second-order valence-electron chi connectivity index (χ2n) is 3.51. The van der Waals surface area contributed by atoms with E-state index in [1.807, 2.05) is 0 Å². The summed E-state index contributed by atoms with van der Waals surface area (Å²) in [5, 5.41) is 0. The lowest BCUT2D eigenvalue weighted by molar-refractivity contribution is 0.0979. The van der Waals surface area contributed by atoms with Crippen molar-refractivity contribution in [2.24, 2.45) is 0 Å². The van der Waals surface area contributed by atoms with E-state index in [1.54, 1.807) is 6.07 Å². The SMILES string of the molecule is CCCCCC(=O)c1ccc(F)c(Br)c1. The van der Waals surface area contributed by atoms with E-state index in [0.717, 1.165) is 19.3 Å². The van der Waals surface area contributed by atoms with Crippen molar-refractivity contribution in [2.45, 2.75) is 32.6 Å². The van der Waals surface area contributed by atoms with E-state index in [2.05, 4.69) is 22.9 Å². The Balaban J connectivity index is 2.62. The second kappa shape index (κ2) is 6.01. The van der Waals surface area contributed by atoms with Crippen molar-refractivity contribution in [3.05, 3.63) is 34.1 Å². The quantitative estimate of drug-likeness (QED) is 0.575. The van der Waals surface area contributed by atoms with Gasteiger partial charge in [-0.3, -0.25) is 4.79 Å². The van der Waals surface area contributed by atoms with Crippen LogP contribution in [0.25, 0.3) is 0 Å². The number of Topliss-reactive ketones (excluding diaryl/α,β-unsaturated/α-hetero) is 1. The third-order valence-electron chi connectivity index (χ3n) is 2.25. The maximum atomic E-state index is 12.9. The molecule has 0 aliphatic carbocycles. The fourth-order valence-electron chi connectivity index (χ4n) is 1.35. The van der Waals surface area contributed by atoms with Crippen molar-refractivity contribution >= 4 is 21.7 Å². The summed E-state index contributed by atoms with van der Waals surface area (Å²) in [6.45, 7) is 2.10. The summed E-state index contributed by atoms with van der Waals surface area (Å²) in [4.78, 5) is 11.6. The van der Waals surface area contributed by atoms with Crippen LogP contribution in [0.3, 0.4) is 0 Å². The van der Waals surface area contributed by atoms with Crippen molar-refractivity contribution in [3.63, 3.8) is 0 Å². The van der Waals surface area contributed by atoms with E-state index in [9.17, 15) is 9.18 Å². The Morgan fingerprint density at radius 3 is 2.73 bits per heavy atom. The molecule has 0 aromatic heterocycles. The summed E-state index contributed by atoms with van der Waals surface area (Å²) in [6, 6.07) is 4.40. The van der Waals surface area contributed by atoms with E-state index in [4.69, 9.17) is 0 Å². The van der Waals surface area contributed by atoms with Crippen LogP contribution in [0.1, 0.15) is 43.0 Å². The number of hydrogen-bond acceptors (Lipinski definition) is 1. The zero-order valence-corrected chi connectivity index (χ0v) is 10.3. The first-order valence-electron chi connectivity index (χ1n) is 5.13. The van der Waals surface area contributed by atoms with Crippen LogP contribution >= 0.6 is 15.9 Å². The molecular weight excluding hydrogens is 259 g/mol. The van der Waals surface area contributed by atoms with Crippen LogP contribution in [0, 0.1) is 5.82 Å². The zero-order chi connectivity index (χ0) is 11.3. The number of hydrogen-bond donors (Lipinski definition) is 0. The molecule has 0 heterocycles. The number of benzene rings is 1. The van der Waals surface area contributed by atoms with Crippen LogP contribution in [-0.2, 0) is 0 Å². The molecule has 0 N–H and O–H groups in total. The van der Waals surface area contributed by atoms with Gasteiger partial charge in [0.25, 0.3) is 0 Å². The predicted octanol–water partition coefficient (Wildman–Crippen LogP) is 4.35. The molecule has 0 radical (unpaired) electrons. The molecule has 0 bridgehead atoms. The minimum Gasteiger partial charge on any atom is -0.294 e. The fraction of sp³-hybridized carbons (Fsp3) is 0.417. The molecule has 0 spiro atoms. The number of carbonyl (C=O) groups excluding carboxylic acids is 1. The Bertz CT molecular complexity index is 349. The van der Waals surface area contributed by atoms with E-state index >= 15 is 0 Å². The molecule has 0 aliphatic heterocycles. The monoisotopic (exact) mass is 272 g/mol. The minimum atomic E-state index is -0.333. The molecule has 0 saturated carbocycles. The first kappa shape index (κ1) is 12.4. The molecule has 1 aromatic carbocycles. The first-order valence-corrected chi connectivity index (χ1v) is 5.92. The smallest absolute Gasteiger partial charge is 0.162 e. The molecule has 15 heavy (non-hydrogen) atoms. The van der Waals surface area contributed by atoms with Gasteiger partial charge in [0, 0.05) is 12.0 Å². The molecule has 0 atom stereocenters. The third-order valence-corrected chi connectivity index (χ3v) is 2.86. The highest BCUT2D eigenvalue weighted by atomic mass is 79.9. The normalized spacial score (nSPS) is 10.3. The van der Waals surface area contributed by atoms with Gasteiger partial charge in [0.05, 0.1) is 4.47 Å². The van der Waals surface area contributed by atoms with Gasteiger partial charge in [-0.2, -0.15) is 0 Å². The van der Waals surface area contributed by atoms with Crippen LogP contribution in [-0.4, -0.2) is 5.78 Å². The van der Waals surface area contributed by atoms with Crippen LogP contribution < -0.4 is 0 Å². The summed E-state index contributed by atoms with van der Waals surface area (Å²) in [6.07, 6.45) is 3.62. The van der Waals surface area contributed by atoms with Crippen LogP contribution in [0.2, 0.25) is 0 Å². The maximum Gasteiger partial charge on any atom is 0.162 e. The van der Waals surface area contributed by atoms with E-state index in [-0.39, 0.29) is 11.6 Å². The van der Waals surface area contributed by atoms with Gasteiger partial charge in [0.1, 0.15) is 5.82 Å². The van der Waals surface area contributed by atoms with Gasteiger partial charge in [-0.05, 0) is 40.5 Å². The van der Waals surface area contributed by atoms with Crippen LogP contribution in [0.4, 0.5) is 4.39 Å². The van der Waals surface area contributed by atoms with Gasteiger partial charge in [0.15, 0.2) is 5.78 Å². The highest BCUT2D eigenvalue weighted by Gasteiger charge is 2.07. The van der Waals surface area contributed by atoms with Crippen LogP contribution in [0.5, 0.6) is 0 Å². The third kappa shape index (κ3) is 3.74. The molecule has 0 amide bonds. The van der Waals surface area contributed by atoms with Gasteiger partial charge in [0.2, 0.25) is 0 Å². The highest BCUT2D eigenvalue weighted by molar-refractivity contribution is 9.10. The standard InChI is InChI=1S/C12H14BrFO/c1-2-3-4-5-12(15)9-6-7-11(14)10(13)8-9/h6-8H,2-5H2,1H3. The molecule has 0 unspecified atom stereocenters. The summed E-state index contributed by atoms with van der Waals surface area (Å²) in [5.74, 6) is -0.246. The van der Waals surface area contributed by atoms with Gasteiger partial charge >= 0.3 is 0 Å². The molecule has 1 rings (SSSR count). The minimum absolute atomic E-state index is 0.0872. The summed E-state index contributed by atoms with van der Waals surface area (Å²) >= 11 is 3.07. The number of rotatable bonds is 5. The fourth-order valence-corrected chi connectivity index (χ4v) is 1.73. The lowest BCUT2D eigenvalue weighted by Gasteiger charge is -2.01. The van der Waals surface area contributed by atoms with Gasteiger partial charge < -0.3 is 0 Å². The number of ketones is 1. The van der Waals surface area contributed by atoms with Gasteiger partial charge in [-0.15, -0.1) is 0 Å².